The van der Waals surface area contributed by atoms with Crippen LogP contribution < -0.4 is 15.8 Å². The van der Waals surface area contributed by atoms with E-state index in [-0.39, 0.29) is 23.1 Å². The predicted molar refractivity (Wildman–Crippen MR) is 97.4 cm³/mol. The number of alkyl halides is 3. The molecule has 0 atom stereocenters. The Hall–Kier alpha value is -3.00. The summed E-state index contributed by atoms with van der Waals surface area (Å²) in [7, 11) is 0. The molecule has 0 radical (unpaired) electrons. The summed E-state index contributed by atoms with van der Waals surface area (Å²) in [6, 6.07) is 10.6. The van der Waals surface area contributed by atoms with E-state index in [1.54, 1.807) is 12.1 Å². The molecular formula is C18H14ClF3N4O. The van der Waals surface area contributed by atoms with Gasteiger partial charge in [-0.2, -0.15) is 18.2 Å². The van der Waals surface area contributed by atoms with Crippen LogP contribution in [0, 0.1) is 6.92 Å². The lowest BCUT2D eigenvalue weighted by atomic mass is 10.2. The van der Waals surface area contributed by atoms with Crippen LogP contribution in [-0.4, -0.2) is 9.97 Å². The highest BCUT2D eigenvalue weighted by Gasteiger charge is 2.33. The number of hydrogen-bond acceptors (Lipinski definition) is 5. The lowest BCUT2D eigenvalue weighted by Crippen LogP contribution is -2.07. The number of nitrogens with two attached hydrogens (primary N) is 1. The summed E-state index contributed by atoms with van der Waals surface area (Å²) in [5.74, 6) is 0.715. The van der Waals surface area contributed by atoms with Gasteiger partial charge in [-0.3, -0.25) is 0 Å². The third kappa shape index (κ3) is 4.40. The molecule has 0 amide bonds. The van der Waals surface area contributed by atoms with Crippen LogP contribution in [0.3, 0.4) is 0 Å². The second-order valence-electron chi connectivity index (χ2n) is 5.67. The first kappa shape index (κ1) is 18.8. The van der Waals surface area contributed by atoms with Gasteiger partial charge in [0.1, 0.15) is 17.8 Å². The number of anilines is 3. The molecule has 3 aromatic rings. The number of aryl methyl sites for hydroxylation is 1. The van der Waals surface area contributed by atoms with E-state index < -0.39 is 16.8 Å². The lowest BCUT2D eigenvalue weighted by molar-refractivity contribution is -0.137. The minimum absolute atomic E-state index is 0.0570. The maximum Gasteiger partial charge on any atom is 0.417 e. The minimum atomic E-state index is -4.58. The van der Waals surface area contributed by atoms with Crippen molar-refractivity contribution >= 4 is 28.8 Å². The van der Waals surface area contributed by atoms with Crippen molar-refractivity contribution in [2.75, 3.05) is 11.1 Å². The van der Waals surface area contributed by atoms with Gasteiger partial charge in [0.15, 0.2) is 5.82 Å². The molecule has 5 nitrogen and oxygen atoms in total. The van der Waals surface area contributed by atoms with E-state index in [1.807, 2.05) is 19.1 Å². The van der Waals surface area contributed by atoms with Crippen LogP contribution in [0.15, 0.2) is 48.8 Å². The zero-order valence-corrected chi connectivity index (χ0v) is 14.8. The number of halogens is 4. The maximum absolute atomic E-state index is 13.0. The van der Waals surface area contributed by atoms with Crippen LogP contribution in [0.5, 0.6) is 11.6 Å². The third-order valence-corrected chi connectivity index (χ3v) is 3.95. The van der Waals surface area contributed by atoms with Gasteiger partial charge in [0.05, 0.1) is 10.6 Å². The Morgan fingerprint density at radius 1 is 1.07 bits per heavy atom. The SMILES string of the molecule is Cc1ccc(Oc2ncnc(Nc3ccc(Cl)c(C(F)(F)F)c3)c2N)cc1. The van der Waals surface area contributed by atoms with Gasteiger partial charge in [0.2, 0.25) is 5.88 Å². The van der Waals surface area contributed by atoms with Crippen molar-refractivity contribution in [1.29, 1.82) is 0 Å². The molecule has 0 fully saturated rings. The number of nitrogens with zero attached hydrogens (tertiary/aromatic N) is 2. The molecule has 0 aliphatic carbocycles. The van der Waals surface area contributed by atoms with Gasteiger partial charge < -0.3 is 15.8 Å². The molecular weight excluding hydrogens is 381 g/mol. The highest BCUT2D eigenvalue weighted by atomic mass is 35.5. The number of ether oxygens (including phenoxy) is 1. The van der Waals surface area contributed by atoms with Gasteiger partial charge in [-0.25, -0.2) is 4.98 Å². The zero-order valence-electron chi connectivity index (χ0n) is 14.0. The van der Waals surface area contributed by atoms with Crippen molar-refractivity contribution in [2.24, 2.45) is 0 Å². The quantitative estimate of drug-likeness (QED) is 0.604. The first-order valence-corrected chi connectivity index (χ1v) is 8.10. The van der Waals surface area contributed by atoms with Gasteiger partial charge in [0.25, 0.3) is 0 Å². The van der Waals surface area contributed by atoms with Crippen molar-refractivity contribution < 1.29 is 17.9 Å². The van der Waals surface area contributed by atoms with Crippen molar-refractivity contribution in [3.05, 3.63) is 64.9 Å². The second kappa shape index (κ2) is 7.32. The Bertz CT molecular complexity index is 962. The molecule has 0 spiro atoms. The fourth-order valence-corrected chi connectivity index (χ4v) is 2.46. The molecule has 3 N–H and O–H groups in total. The maximum atomic E-state index is 13.0. The summed E-state index contributed by atoms with van der Waals surface area (Å²) in [5.41, 5.74) is 6.28. The average Bonchev–Trinajstić information content (AvgIpc) is 2.61. The summed E-state index contributed by atoms with van der Waals surface area (Å²) >= 11 is 5.62. The van der Waals surface area contributed by atoms with Crippen molar-refractivity contribution in [3.63, 3.8) is 0 Å². The fourth-order valence-electron chi connectivity index (χ4n) is 2.24. The van der Waals surface area contributed by atoms with Crippen LogP contribution in [0.2, 0.25) is 5.02 Å². The summed E-state index contributed by atoms with van der Waals surface area (Å²) in [4.78, 5) is 7.93. The van der Waals surface area contributed by atoms with E-state index >= 15 is 0 Å². The summed E-state index contributed by atoms with van der Waals surface area (Å²) < 4.78 is 44.6. The standard InChI is InChI=1S/C18H14ClF3N4O/c1-10-2-5-12(6-3-10)27-17-15(23)16(24-9-25-17)26-11-4-7-14(19)13(8-11)18(20,21)22/h2-9H,23H2,1H3,(H,24,25,26). The molecule has 0 bridgehead atoms. The van der Waals surface area contributed by atoms with E-state index in [2.05, 4.69) is 15.3 Å². The molecule has 0 saturated heterocycles. The smallest absolute Gasteiger partial charge is 0.417 e. The number of benzene rings is 2. The average molecular weight is 395 g/mol. The van der Waals surface area contributed by atoms with Crippen molar-refractivity contribution in [1.82, 2.24) is 9.97 Å². The molecule has 3 rings (SSSR count). The van der Waals surface area contributed by atoms with E-state index in [4.69, 9.17) is 22.1 Å². The van der Waals surface area contributed by atoms with Crippen LogP contribution >= 0.6 is 11.6 Å². The molecule has 0 saturated carbocycles. The van der Waals surface area contributed by atoms with Crippen LogP contribution in [0.25, 0.3) is 0 Å². The Labute approximate surface area is 158 Å². The van der Waals surface area contributed by atoms with E-state index in [0.717, 1.165) is 17.7 Å². The predicted octanol–water partition coefficient (Wildman–Crippen LogP) is 5.58. The van der Waals surface area contributed by atoms with Gasteiger partial charge in [-0.1, -0.05) is 29.3 Å². The van der Waals surface area contributed by atoms with Crippen LogP contribution in [-0.2, 0) is 6.18 Å². The molecule has 140 valence electrons. The van der Waals surface area contributed by atoms with Gasteiger partial charge >= 0.3 is 6.18 Å². The van der Waals surface area contributed by atoms with Crippen LogP contribution in [0.4, 0.5) is 30.4 Å². The number of aromatic nitrogens is 2. The fraction of sp³-hybridized carbons (Fsp3) is 0.111. The molecule has 2 aromatic carbocycles. The Morgan fingerprint density at radius 2 is 1.78 bits per heavy atom. The van der Waals surface area contributed by atoms with Crippen molar-refractivity contribution in [3.8, 4) is 11.6 Å². The Kier molecular flexibility index (Phi) is 5.09. The summed E-state index contributed by atoms with van der Waals surface area (Å²) in [6.45, 7) is 1.94. The molecule has 1 aromatic heterocycles. The highest BCUT2D eigenvalue weighted by Crippen LogP contribution is 2.37. The first-order valence-electron chi connectivity index (χ1n) is 7.73. The topological polar surface area (TPSA) is 73.1 Å². The minimum Gasteiger partial charge on any atom is -0.437 e. The van der Waals surface area contributed by atoms with Crippen LogP contribution in [0.1, 0.15) is 11.1 Å². The monoisotopic (exact) mass is 394 g/mol. The number of nitrogen functional groups attached to an aromatic ring is 1. The van der Waals surface area contributed by atoms with Gasteiger partial charge in [-0.15, -0.1) is 0 Å². The normalized spacial score (nSPS) is 11.3. The molecule has 0 aliphatic heterocycles. The molecule has 1 heterocycles. The third-order valence-electron chi connectivity index (χ3n) is 3.62. The Balaban J connectivity index is 1.87. The van der Waals surface area contributed by atoms with Crippen molar-refractivity contribution in [2.45, 2.75) is 13.1 Å². The highest BCUT2D eigenvalue weighted by molar-refractivity contribution is 6.31. The largest absolute Gasteiger partial charge is 0.437 e. The number of nitrogens with one attached hydrogen (secondary N) is 1. The molecule has 0 unspecified atom stereocenters. The second-order valence-corrected chi connectivity index (χ2v) is 6.08. The van der Waals surface area contributed by atoms with Gasteiger partial charge in [-0.05, 0) is 37.3 Å². The zero-order chi connectivity index (χ0) is 19.6. The van der Waals surface area contributed by atoms with E-state index in [9.17, 15) is 13.2 Å². The first-order chi connectivity index (χ1) is 12.7. The number of rotatable bonds is 4. The Morgan fingerprint density at radius 3 is 2.44 bits per heavy atom. The summed E-state index contributed by atoms with van der Waals surface area (Å²) in [5, 5.41) is 2.34. The van der Waals surface area contributed by atoms with E-state index in [1.165, 1.54) is 12.4 Å². The molecule has 0 aliphatic rings. The summed E-state index contributed by atoms with van der Waals surface area (Å²) in [6.07, 6.45) is -3.38. The lowest BCUT2D eigenvalue weighted by Gasteiger charge is -2.14. The molecule has 9 heteroatoms. The molecule has 27 heavy (non-hydrogen) atoms. The van der Waals surface area contributed by atoms with Gasteiger partial charge in [0, 0.05) is 5.69 Å². The number of hydrogen-bond donors (Lipinski definition) is 2. The van der Waals surface area contributed by atoms with E-state index in [0.29, 0.717) is 5.75 Å².